The molecule has 0 saturated heterocycles. The molecule has 0 radical (unpaired) electrons. The quantitative estimate of drug-likeness (QED) is 0.633. The first-order valence-electron chi connectivity index (χ1n) is 5.12. The summed E-state index contributed by atoms with van der Waals surface area (Å²) in [6.07, 6.45) is 5.57. The summed E-state index contributed by atoms with van der Waals surface area (Å²) in [4.78, 5) is 0. The van der Waals surface area contributed by atoms with Crippen LogP contribution in [0.15, 0.2) is 11.6 Å². The van der Waals surface area contributed by atoms with Crippen LogP contribution in [0.3, 0.4) is 0 Å². The van der Waals surface area contributed by atoms with E-state index in [1.165, 1.54) is 18.4 Å². The predicted octanol–water partition coefficient (Wildman–Crippen LogP) is 1.33. The van der Waals surface area contributed by atoms with Gasteiger partial charge in [-0.2, -0.15) is 0 Å². The lowest BCUT2D eigenvalue weighted by molar-refractivity contribution is 0.0245. The number of fused-ring (bicyclic) bond motifs is 2. The molecule has 2 aliphatic carbocycles. The fourth-order valence-electron chi connectivity index (χ4n) is 3.28. The maximum absolute atomic E-state index is 9.36. The second kappa shape index (κ2) is 3.10. The van der Waals surface area contributed by atoms with E-state index in [9.17, 15) is 10.2 Å². The first-order valence-corrected chi connectivity index (χ1v) is 5.12. The van der Waals surface area contributed by atoms with Gasteiger partial charge in [0.2, 0.25) is 0 Å². The fourth-order valence-corrected chi connectivity index (χ4v) is 3.28. The van der Waals surface area contributed by atoms with Crippen molar-refractivity contribution >= 4 is 0 Å². The van der Waals surface area contributed by atoms with Gasteiger partial charge in [-0.3, -0.25) is 0 Å². The van der Waals surface area contributed by atoms with Crippen molar-refractivity contribution in [3.05, 3.63) is 11.6 Å². The summed E-state index contributed by atoms with van der Waals surface area (Å²) in [5.41, 5.74) is 1.27. The second-order valence-electron chi connectivity index (χ2n) is 4.60. The van der Waals surface area contributed by atoms with Gasteiger partial charge in [-0.05, 0) is 38.0 Å². The van der Waals surface area contributed by atoms with Gasteiger partial charge in [-0.15, -0.1) is 0 Å². The summed E-state index contributed by atoms with van der Waals surface area (Å²) >= 11 is 0. The molecule has 0 aromatic heterocycles. The van der Waals surface area contributed by atoms with Gasteiger partial charge in [0, 0.05) is 5.41 Å². The molecule has 2 atom stereocenters. The lowest BCUT2D eigenvalue weighted by atomic mass is 9.72. The standard InChI is InChI=1S/C11H18O2/c1-2-9-3-8-4-10(9)11(5-8,6-12)7-13/h2,8,10,12-13H,3-7H2,1H3. The van der Waals surface area contributed by atoms with Crippen molar-refractivity contribution in [2.45, 2.75) is 26.2 Å². The van der Waals surface area contributed by atoms with Crippen LogP contribution in [0.4, 0.5) is 0 Å². The fraction of sp³-hybridized carbons (Fsp3) is 0.818. The van der Waals surface area contributed by atoms with Crippen LogP contribution in [-0.2, 0) is 0 Å². The molecule has 0 aromatic rings. The highest BCUT2D eigenvalue weighted by Gasteiger charge is 2.52. The van der Waals surface area contributed by atoms with Crippen molar-refractivity contribution in [1.29, 1.82) is 0 Å². The van der Waals surface area contributed by atoms with Gasteiger partial charge in [-0.25, -0.2) is 0 Å². The number of hydrogen-bond acceptors (Lipinski definition) is 2. The molecule has 74 valence electrons. The van der Waals surface area contributed by atoms with Crippen LogP contribution in [0, 0.1) is 17.3 Å². The maximum atomic E-state index is 9.36. The Morgan fingerprint density at radius 3 is 2.62 bits per heavy atom. The summed E-state index contributed by atoms with van der Waals surface area (Å²) in [5.74, 6) is 1.17. The monoisotopic (exact) mass is 182 g/mol. The van der Waals surface area contributed by atoms with Gasteiger partial charge >= 0.3 is 0 Å². The highest BCUT2D eigenvalue weighted by molar-refractivity contribution is 5.22. The van der Waals surface area contributed by atoms with Crippen molar-refractivity contribution in [1.82, 2.24) is 0 Å². The van der Waals surface area contributed by atoms with E-state index in [-0.39, 0.29) is 18.6 Å². The third-order valence-electron chi connectivity index (χ3n) is 3.98. The molecule has 0 heterocycles. The minimum atomic E-state index is -0.190. The molecule has 2 unspecified atom stereocenters. The number of rotatable bonds is 2. The lowest BCUT2D eigenvalue weighted by Crippen LogP contribution is -2.36. The van der Waals surface area contributed by atoms with Gasteiger partial charge in [0.1, 0.15) is 0 Å². The third kappa shape index (κ3) is 1.16. The topological polar surface area (TPSA) is 40.5 Å². The molecule has 2 bridgehead atoms. The van der Waals surface area contributed by atoms with Crippen LogP contribution in [0.5, 0.6) is 0 Å². The highest BCUT2D eigenvalue weighted by atomic mass is 16.3. The van der Waals surface area contributed by atoms with Crippen molar-refractivity contribution in [3.63, 3.8) is 0 Å². The Bertz CT molecular complexity index is 228. The normalized spacial score (nSPS) is 38.8. The Morgan fingerprint density at radius 1 is 1.46 bits per heavy atom. The summed E-state index contributed by atoms with van der Waals surface area (Å²) in [5, 5.41) is 18.7. The molecule has 2 rings (SSSR count). The minimum absolute atomic E-state index is 0.141. The molecular formula is C11H18O2. The van der Waals surface area contributed by atoms with E-state index in [0.717, 1.165) is 12.3 Å². The van der Waals surface area contributed by atoms with Gasteiger partial charge in [0.15, 0.2) is 0 Å². The van der Waals surface area contributed by atoms with E-state index in [4.69, 9.17) is 0 Å². The summed E-state index contributed by atoms with van der Waals surface area (Å²) < 4.78 is 0. The number of aliphatic hydroxyl groups is 2. The summed E-state index contributed by atoms with van der Waals surface area (Å²) in [6.45, 7) is 2.35. The second-order valence-corrected chi connectivity index (χ2v) is 4.60. The minimum Gasteiger partial charge on any atom is -0.396 e. The molecule has 0 aromatic carbocycles. The smallest absolute Gasteiger partial charge is 0.0515 e. The van der Waals surface area contributed by atoms with Gasteiger partial charge < -0.3 is 10.2 Å². The molecule has 2 N–H and O–H groups in total. The van der Waals surface area contributed by atoms with Gasteiger partial charge in [-0.1, -0.05) is 11.6 Å². The molecule has 2 nitrogen and oxygen atoms in total. The van der Waals surface area contributed by atoms with Gasteiger partial charge in [0.05, 0.1) is 13.2 Å². The Morgan fingerprint density at radius 2 is 2.15 bits per heavy atom. The molecule has 2 heteroatoms. The van der Waals surface area contributed by atoms with E-state index in [2.05, 4.69) is 13.0 Å². The highest BCUT2D eigenvalue weighted by Crippen LogP contribution is 2.57. The zero-order valence-corrected chi connectivity index (χ0v) is 8.16. The van der Waals surface area contributed by atoms with Crippen molar-refractivity contribution in [3.8, 4) is 0 Å². The Labute approximate surface area is 79.3 Å². The summed E-state index contributed by atoms with van der Waals surface area (Å²) in [7, 11) is 0. The van der Waals surface area contributed by atoms with E-state index in [1.807, 2.05) is 0 Å². The van der Waals surface area contributed by atoms with Gasteiger partial charge in [0.25, 0.3) is 0 Å². The van der Waals surface area contributed by atoms with Crippen molar-refractivity contribution in [2.75, 3.05) is 13.2 Å². The summed E-state index contributed by atoms with van der Waals surface area (Å²) in [6, 6.07) is 0. The average molecular weight is 182 g/mol. The molecule has 0 spiro atoms. The van der Waals surface area contributed by atoms with Crippen molar-refractivity contribution < 1.29 is 10.2 Å². The zero-order valence-electron chi connectivity index (χ0n) is 8.16. The molecule has 13 heavy (non-hydrogen) atoms. The number of aliphatic hydroxyl groups excluding tert-OH is 2. The number of allylic oxidation sites excluding steroid dienone is 2. The first kappa shape index (κ1) is 9.22. The molecule has 2 aliphatic rings. The predicted molar refractivity (Wildman–Crippen MR) is 51.2 cm³/mol. The Hall–Kier alpha value is -0.340. The van der Waals surface area contributed by atoms with E-state index in [1.54, 1.807) is 0 Å². The van der Waals surface area contributed by atoms with Crippen LogP contribution in [0.2, 0.25) is 0 Å². The Kier molecular flexibility index (Phi) is 2.20. The average Bonchev–Trinajstić information content (AvgIpc) is 2.73. The van der Waals surface area contributed by atoms with E-state index >= 15 is 0 Å². The maximum Gasteiger partial charge on any atom is 0.0515 e. The molecular weight excluding hydrogens is 164 g/mol. The largest absolute Gasteiger partial charge is 0.396 e. The van der Waals surface area contributed by atoms with E-state index in [0.29, 0.717) is 5.92 Å². The van der Waals surface area contributed by atoms with Crippen LogP contribution in [0.25, 0.3) is 0 Å². The molecule has 2 fully saturated rings. The van der Waals surface area contributed by atoms with Crippen LogP contribution in [-0.4, -0.2) is 23.4 Å². The zero-order chi connectivity index (χ0) is 9.47. The Balaban J connectivity index is 2.26. The van der Waals surface area contributed by atoms with E-state index < -0.39 is 0 Å². The number of hydrogen-bond donors (Lipinski definition) is 2. The molecule has 0 aliphatic heterocycles. The lowest BCUT2D eigenvalue weighted by Gasteiger charge is -2.35. The van der Waals surface area contributed by atoms with Crippen LogP contribution >= 0.6 is 0 Å². The SMILES string of the molecule is CC=C1CC2CC1C(CO)(CO)C2. The van der Waals surface area contributed by atoms with Crippen LogP contribution in [0.1, 0.15) is 26.2 Å². The third-order valence-corrected chi connectivity index (χ3v) is 3.98. The molecule has 0 amide bonds. The molecule has 2 saturated carbocycles. The van der Waals surface area contributed by atoms with Crippen LogP contribution < -0.4 is 0 Å². The first-order chi connectivity index (χ1) is 6.25. The van der Waals surface area contributed by atoms with Crippen molar-refractivity contribution in [2.24, 2.45) is 17.3 Å².